The van der Waals surface area contributed by atoms with Gasteiger partial charge in [0.05, 0.1) is 12.6 Å². The van der Waals surface area contributed by atoms with Crippen molar-refractivity contribution in [2.75, 3.05) is 51.1 Å². The van der Waals surface area contributed by atoms with Crippen molar-refractivity contribution >= 4 is 11.8 Å². The van der Waals surface area contributed by atoms with Gasteiger partial charge in [0.1, 0.15) is 5.60 Å². The van der Waals surface area contributed by atoms with E-state index in [0.29, 0.717) is 32.0 Å². The van der Waals surface area contributed by atoms with Crippen molar-refractivity contribution in [3.05, 3.63) is 29.3 Å². The number of anilines is 1. The van der Waals surface area contributed by atoms with E-state index >= 15 is 8.78 Å². The zero-order chi connectivity index (χ0) is 26.2. The van der Waals surface area contributed by atoms with Crippen LogP contribution in [0.25, 0.3) is 0 Å². The topological polar surface area (TPSA) is 48.1 Å². The summed E-state index contributed by atoms with van der Waals surface area (Å²) < 4.78 is 36.4. The van der Waals surface area contributed by atoms with Gasteiger partial charge in [-0.1, -0.05) is 12.1 Å². The van der Waals surface area contributed by atoms with Crippen molar-refractivity contribution in [2.45, 2.75) is 89.3 Å². The van der Waals surface area contributed by atoms with Gasteiger partial charge in [-0.25, -0.2) is 13.6 Å². The van der Waals surface area contributed by atoms with Crippen LogP contribution < -0.4 is 5.32 Å². The van der Waals surface area contributed by atoms with Crippen molar-refractivity contribution < 1.29 is 18.3 Å². The SMILES string of the molecule is CC(C)(C)OC(=O)N1CCC(N2CCC(N3CCC(Cc4cccc5c4CCN5)CC3)C(F)(F)C2)CC1. The van der Waals surface area contributed by atoms with Crippen LogP contribution >= 0.6 is 0 Å². The van der Waals surface area contributed by atoms with E-state index in [0.717, 1.165) is 58.2 Å². The molecule has 0 radical (unpaired) electrons. The molecule has 0 bridgehead atoms. The maximum atomic E-state index is 15.5. The Hall–Kier alpha value is -1.93. The summed E-state index contributed by atoms with van der Waals surface area (Å²) in [6, 6.07) is 6.00. The molecule has 4 aliphatic rings. The van der Waals surface area contributed by atoms with E-state index in [1.807, 2.05) is 25.7 Å². The highest BCUT2D eigenvalue weighted by Gasteiger charge is 2.49. The van der Waals surface area contributed by atoms with Crippen LogP contribution in [0.3, 0.4) is 0 Å². The number of amides is 1. The third kappa shape index (κ3) is 6.22. The molecule has 8 heteroatoms. The molecule has 0 aliphatic carbocycles. The average Bonchev–Trinajstić information content (AvgIpc) is 3.33. The molecule has 4 aliphatic heterocycles. The van der Waals surface area contributed by atoms with Crippen molar-refractivity contribution in [1.82, 2.24) is 14.7 Å². The number of fused-ring (bicyclic) bond motifs is 1. The highest BCUT2D eigenvalue weighted by Crippen LogP contribution is 2.37. The van der Waals surface area contributed by atoms with Gasteiger partial charge in [0.15, 0.2) is 0 Å². The van der Waals surface area contributed by atoms with E-state index in [9.17, 15) is 4.79 Å². The summed E-state index contributed by atoms with van der Waals surface area (Å²) in [5.74, 6) is -2.13. The highest BCUT2D eigenvalue weighted by atomic mass is 19.3. The molecule has 1 atom stereocenters. The Bertz CT molecular complexity index is 950. The van der Waals surface area contributed by atoms with Crippen LogP contribution in [0.4, 0.5) is 19.3 Å². The maximum Gasteiger partial charge on any atom is 0.410 e. The van der Waals surface area contributed by atoms with Gasteiger partial charge >= 0.3 is 6.09 Å². The van der Waals surface area contributed by atoms with Crippen LogP contribution in [0.5, 0.6) is 0 Å². The Morgan fingerprint density at radius 3 is 2.41 bits per heavy atom. The van der Waals surface area contributed by atoms with Crippen LogP contribution in [-0.2, 0) is 17.6 Å². The van der Waals surface area contributed by atoms with Crippen molar-refractivity contribution in [3.8, 4) is 0 Å². The summed E-state index contributed by atoms with van der Waals surface area (Å²) in [5.41, 5.74) is 3.65. The van der Waals surface area contributed by atoms with Crippen LogP contribution in [0.1, 0.15) is 64.0 Å². The van der Waals surface area contributed by atoms with Crippen molar-refractivity contribution in [1.29, 1.82) is 0 Å². The summed E-state index contributed by atoms with van der Waals surface area (Å²) in [5, 5.41) is 3.46. The minimum Gasteiger partial charge on any atom is -0.444 e. The quantitative estimate of drug-likeness (QED) is 0.607. The first-order valence-corrected chi connectivity index (χ1v) is 14.3. The van der Waals surface area contributed by atoms with Gasteiger partial charge in [0.2, 0.25) is 0 Å². The molecule has 6 nitrogen and oxygen atoms in total. The maximum absolute atomic E-state index is 15.5. The molecular weight excluding hydrogens is 474 g/mol. The normalized spacial score (nSPS) is 26.1. The second-order valence-corrected chi connectivity index (χ2v) is 12.5. The lowest BCUT2D eigenvalue weighted by Gasteiger charge is -2.48. The zero-order valence-corrected chi connectivity index (χ0v) is 22.8. The van der Waals surface area contributed by atoms with Gasteiger partial charge in [-0.15, -0.1) is 0 Å². The summed E-state index contributed by atoms with van der Waals surface area (Å²) in [4.78, 5) is 18.1. The van der Waals surface area contributed by atoms with Gasteiger partial charge in [0.25, 0.3) is 5.92 Å². The number of hydrogen-bond donors (Lipinski definition) is 1. The minimum absolute atomic E-state index is 0.110. The molecule has 1 N–H and O–H groups in total. The average molecular weight is 519 g/mol. The van der Waals surface area contributed by atoms with E-state index in [1.165, 1.54) is 16.8 Å². The Balaban J connectivity index is 1.09. The molecule has 1 aromatic rings. The fourth-order valence-electron chi connectivity index (χ4n) is 6.84. The van der Waals surface area contributed by atoms with Gasteiger partial charge in [-0.2, -0.15) is 0 Å². The molecule has 5 rings (SSSR count). The number of benzene rings is 1. The van der Waals surface area contributed by atoms with Crippen LogP contribution in [0.2, 0.25) is 0 Å². The largest absolute Gasteiger partial charge is 0.444 e. The minimum atomic E-state index is -2.71. The summed E-state index contributed by atoms with van der Waals surface area (Å²) >= 11 is 0. The summed E-state index contributed by atoms with van der Waals surface area (Å²) in [6.45, 7) is 9.81. The molecule has 1 unspecified atom stereocenters. The molecular formula is C29H44F2N4O2. The molecule has 1 aromatic carbocycles. The molecule has 0 spiro atoms. The molecule has 4 heterocycles. The van der Waals surface area contributed by atoms with Crippen LogP contribution in [0.15, 0.2) is 18.2 Å². The Labute approximate surface area is 220 Å². The number of likely N-dealkylation sites (tertiary alicyclic amines) is 3. The number of carbonyl (C=O) groups excluding carboxylic acids is 1. The molecule has 0 saturated carbocycles. The molecule has 3 saturated heterocycles. The third-order valence-electron chi connectivity index (χ3n) is 8.79. The van der Waals surface area contributed by atoms with E-state index in [-0.39, 0.29) is 18.7 Å². The van der Waals surface area contributed by atoms with E-state index in [1.54, 1.807) is 4.90 Å². The fraction of sp³-hybridized carbons (Fsp3) is 0.759. The molecule has 37 heavy (non-hydrogen) atoms. The predicted octanol–water partition coefficient (Wildman–Crippen LogP) is 5.02. The second-order valence-electron chi connectivity index (χ2n) is 12.5. The first-order valence-electron chi connectivity index (χ1n) is 14.3. The van der Waals surface area contributed by atoms with Gasteiger partial charge in [-0.3, -0.25) is 9.80 Å². The number of nitrogens with zero attached hydrogens (tertiary/aromatic N) is 3. The molecule has 1 amide bonds. The molecule has 3 fully saturated rings. The number of alkyl halides is 2. The number of rotatable bonds is 4. The Morgan fingerprint density at radius 1 is 1.03 bits per heavy atom. The van der Waals surface area contributed by atoms with Crippen LogP contribution in [-0.4, -0.2) is 90.2 Å². The summed E-state index contributed by atoms with van der Waals surface area (Å²) in [6.07, 6.45) is 5.82. The monoisotopic (exact) mass is 518 g/mol. The number of ether oxygens (including phenoxy) is 1. The van der Waals surface area contributed by atoms with Gasteiger partial charge in [-0.05, 0) is 102 Å². The standard InChI is InChI=1S/C29H44F2N4O2/c1-28(2,3)37-27(36)34-16-10-23(11-17-34)35-18-12-26(29(30,31)20-35)33-14-8-21(9-15-33)19-22-5-4-6-25-24(22)7-13-32-25/h4-6,21,23,26,32H,7-20H2,1-3H3. The number of piperidine rings is 3. The van der Waals surface area contributed by atoms with Crippen molar-refractivity contribution in [3.63, 3.8) is 0 Å². The second kappa shape index (κ2) is 10.7. The zero-order valence-electron chi connectivity index (χ0n) is 22.8. The lowest BCUT2D eigenvalue weighted by atomic mass is 9.86. The van der Waals surface area contributed by atoms with E-state index in [4.69, 9.17) is 4.74 Å². The van der Waals surface area contributed by atoms with E-state index < -0.39 is 17.6 Å². The smallest absolute Gasteiger partial charge is 0.410 e. The Morgan fingerprint density at radius 2 is 1.73 bits per heavy atom. The van der Waals surface area contributed by atoms with Crippen LogP contribution in [0, 0.1) is 5.92 Å². The lowest BCUT2D eigenvalue weighted by molar-refractivity contribution is -0.141. The fourth-order valence-corrected chi connectivity index (χ4v) is 6.84. The van der Waals surface area contributed by atoms with Gasteiger partial charge in [0, 0.05) is 37.9 Å². The number of hydrogen-bond acceptors (Lipinski definition) is 5. The highest BCUT2D eigenvalue weighted by molar-refractivity contribution is 5.68. The molecule has 0 aromatic heterocycles. The predicted molar refractivity (Wildman–Crippen MR) is 142 cm³/mol. The number of carbonyl (C=O) groups is 1. The third-order valence-corrected chi connectivity index (χ3v) is 8.79. The van der Waals surface area contributed by atoms with Crippen molar-refractivity contribution in [2.24, 2.45) is 5.92 Å². The lowest BCUT2D eigenvalue weighted by Crippen LogP contribution is -2.62. The molecule has 206 valence electrons. The Kier molecular flexibility index (Phi) is 7.70. The first-order chi connectivity index (χ1) is 17.6. The summed E-state index contributed by atoms with van der Waals surface area (Å²) in [7, 11) is 0. The number of nitrogens with one attached hydrogen (secondary N) is 1. The van der Waals surface area contributed by atoms with Gasteiger partial charge < -0.3 is 15.0 Å². The number of halogens is 2. The van der Waals surface area contributed by atoms with E-state index in [2.05, 4.69) is 28.4 Å². The first kappa shape index (κ1) is 26.7.